The summed E-state index contributed by atoms with van der Waals surface area (Å²) in [7, 11) is 0. The number of halogens is 2. The average Bonchev–Trinajstić information content (AvgIpc) is 3.02. The fraction of sp³-hybridized carbons (Fsp3) is 0.579. The monoisotopic (exact) mass is 500 g/mol. The van der Waals surface area contributed by atoms with E-state index < -0.39 is 22.9 Å². The van der Waals surface area contributed by atoms with Gasteiger partial charge in [0.25, 0.3) is 0 Å². The van der Waals surface area contributed by atoms with Crippen molar-refractivity contribution < 1.29 is 47.7 Å². The molecule has 0 aromatic rings. The van der Waals surface area contributed by atoms with E-state index in [1.807, 2.05) is 0 Å². The van der Waals surface area contributed by atoms with Crippen LogP contribution in [0.3, 0.4) is 0 Å². The van der Waals surface area contributed by atoms with E-state index in [0.29, 0.717) is 0 Å². The molecule has 8 unspecified atom stereocenters. The zero-order valence-electron chi connectivity index (χ0n) is 12.6. The summed E-state index contributed by atoms with van der Waals surface area (Å²) in [5.74, 6) is 5.95. The first-order chi connectivity index (χ1) is 9.90. The second kappa shape index (κ2) is 6.73. The van der Waals surface area contributed by atoms with Gasteiger partial charge in [0.15, 0.2) is 0 Å². The van der Waals surface area contributed by atoms with Crippen molar-refractivity contribution in [2.45, 2.75) is 26.6 Å². The summed E-state index contributed by atoms with van der Waals surface area (Å²) in [6.45, 7) is 0. The second-order valence-corrected chi connectivity index (χ2v) is 13.5. The Kier molecular flexibility index (Phi) is 5.27. The van der Waals surface area contributed by atoms with Gasteiger partial charge < -0.3 is 24.8 Å². The maximum Gasteiger partial charge on any atom is -1.00 e. The molecule has 8 atom stereocenters. The van der Waals surface area contributed by atoms with E-state index in [4.69, 9.17) is 0 Å². The molecule has 3 heteroatoms. The van der Waals surface area contributed by atoms with Crippen LogP contribution in [0.2, 0.25) is 7.35 Å². The van der Waals surface area contributed by atoms with Crippen LogP contribution in [-0.4, -0.2) is 0 Å². The molecular weight excluding hydrogens is 478 g/mol. The summed E-state index contributed by atoms with van der Waals surface area (Å²) < 4.78 is 2.36. The van der Waals surface area contributed by atoms with Gasteiger partial charge in [-0.2, -0.15) is 0 Å². The Labute approximate surface area is 157 Å². The van der Waals surface area contributed by atoms with E-state index in [2.05, 4.69) is 48.6 Å². The van der Waals surface area contributed by atoms with Crippen molar-refractivity contribution in [2.24, 2.45) is 35.5 Å². The number of allylic oxidation sites excluding steroid dienone is 8. The molecule has 5 rings (SSSR count). The third-order valence-electron chi connectivity index (χ3n) is 6.58. The van der Waals surface area contributed by atoms with Gasteiger partial charge in [-0.3, -0.25) is 0 Å². The van der Waals surface area contributed by atoms with Crippen LogP contribution in [0, 0.1) is 35.5 Å². The molecule has 0 spiro atoms. The number of fused-ring (bicyclic) bond motifs is 6. The first kappa shape index (κ1) is 17.2. The van der Waals surface area contributed by atoms with Gasteiger partial charge in [0.05, 0.1) is 0 Å². The van der Waals surface area contributed by atoms with Gasteiger partial charge in [0, 0.05) is 0 Å². The van der Waals surface area contributed by atoms with Crippen molar-refractivity contribution in [1.29, 1.82) is 0 Å². The fourth-order valence-electron chi connectivity index (χ4n) is 5.80. The molecule has 0 aromatic carbocycles. The van der Waals surface area contributed by atoms with Gasteiger partial charge in [-0.25, -0.2) is 0 Å². The largest absolute Gasteiger partial charge is 1.00 e. The molecule has 0 nitrogen and oxygen atoms in total. The van der Waals surface area contributed by atoms with Crippen molar-refractivity contribution in [3.05, 3.63) is 48.6 Å². The van der Waals surface area contributed by atoms with E-state index in [9.17, 15) is 0 Å². The minimum Gasteiger partial charge on any atom is -1.00 e. The zero-order chi connectivity index (χ0) is 13.1. The maximum atomic E-state index is 2.58. The number of rotatable bonds is 0. The SMILES string of the molecule is C1=CC2CC3CC4CC5C=CC=CC5[CH]4[Hf+2][CH]3C2C=C1.[Cl-].[Cl-]. The van der Waals surface area contributed by atoms with E-state index in [0.717, 1.165) is 35.5 Å². The Bertz CT molecular complexity index is 490. The van der Waals surface area contributed by atoms with Crippen LogP contribution in [0.25, 0.3) is 0 Å². The molecule has 5 aliphatic rings. The van der Waals surface area contributed by atoms with E-state index >= 15 is 0 Å². The van der Waals surface area contributed by atoms with Gasteiger partial charge in [-0.05, 0) is 0 Å². The molecule has 1 saturated heterocycles. The van der Waals surface area contributed by atoms with Crippen LogP contribution in [0.15, 0.2) is 48.6 Å². The molecule has 0 amide bonds. The first-order valence-electron chi connectivity index (χ1n) is 8.36. The first-order valence-corrected chi connectivity index (χ1v) is 12.5. The predicted octanol–water partition coefficient (Wildman–Crippen LogP) is -1.19. The summed E-state index contributed by atoms with van der Waals surface area (Å²) in [5, 5.41) is 0. The van der Waals surface area contributed by atoms with Gasteiger partial charge in [0.2, 0.25) is 0 Å². The minimum atomic E-state index is -0.512. The molecule has 0 N–H and O–H groups in total. The topological polar surface area (TPSA) is 0 Å². The Balaban J connectivity index is 0.000000720. The molecule has 0 aromatic heterocycles. The van der Waals surface area contributed by atoms with Crippen molar-refractivity contribution in [1.82, 2.24) is 0 Å². The molecule has 0 bridgehead atoms. The van der Waals surface area contributed by atoms with Crippen LogP contribution in [-0.2, 0) is 22.9 Å². The maximum absolute atomic E-state index is 2.58. The molecular formula is C19H22Cl2Hf. The minimum absolute atomic E-state index is 0. The van der Waals surface area contributed by atoms with Gasteiger partial charge in [-0.15, -0.1) is 0 Å². The quantitative estimate of drug-likeness (QED) is 0.368. The summed E-state index contributed by atoms with van der Waals surface area (Å²) in [6.07, 6.45) is 24.1. The Morgan fingerprint density at radius 1 is 0.591 bits per heavy atom. The number of hydrogen-bond donors (Lipinski definition) is 0. The third kappa shape index (κ3) is 2.60. The second-order valence-electron chi connectivity index (χ2n) is 7.47. The molecule has 3 fully saturated rings. The predicted molar refractivity (Wildman–Crippen MR) is 78.9 cm³/mol. The van der Waals surface area contributed by atoms with Crippen molar-refractivity contribution in [2.75, 3.05) is 0 Å². The molecule has 4 aliphatic carbocycles. The zero-order valence-corrected chi connectivity index (χ0v) is 17.7. The Morgan fingerprint density at radius 2 is 1.05 bits per heavy atom. The summed E-state index contributed by atoms with van der Waals surface area (Å²) in [4.78, 5) is 0. The molecule has 1 aliphatic heterocycles. The smallest absolute Gasteiger partial charge is 1.00 e. The molecule has 1 heterocycles. The van der Waals surface area contributed by atoms with E-state index in [1.165, 1.54) is 20.2 Å². The molecule has 2 saturated carbocycles. The fourth-order valence-corrected chi connectivity index (χ4v) is 15.5. The van der Waals surface area contributed by atoms with Gasteiger partial charge >= 0.3 is 134 Å². The normalized spacial score (nSPS) is 48.7. The molecule has 0 radical (unpaired) electrons. The molecule has 116 valence electrons. The summed E-state index contributed by atoms with van der Waals surface area (Å²) in [5.41, 5.74) is 0. The van der Waals surface area contributed by atoms with Crippen LogP contribution >= 0.6 is 0 Å². The summed E-state index contributed by atoms with van der Waals surface area (Å²) >= 11 is -0.512. The summed E-state index contributed by atoms with van der Waals surface area (Å²) in [6, 6.07) is 0. The van der Waals surface area contributed by atoms with Crippen LogP contribution in [0.1, 0.15) is 19.3 Å². The Morgan fingerprint density at radius 3 is 1.55 bits per heavy atom. The van der Waals surface area contributed by atoms with Crippen molar-refractivity contribution >= 4 is 0 Å². The van der Waals surface area contributed by atoms with Crippen molar-refractivity contribution in [3.63, 3.8) is 0 Å². The standard InChI is InChI=1S/C19H22.2ClH.Hf/c1-2-6-17-11-14(10-16(17)5-1)9-15-12-18-7-3-4-8-19(18)13-15;;;/h1-8,10,12,14-19H,9,11,13H2;2*1H;/q;;;+2/p-2. The third-order valence-corrected chi connectivity index (χ3v) is 15.5. The van der Waals surface area contributed by atoms with E-state index in [-0.39, 0.29) is 24.8 Å². The Hall–Kier alpha value is 0.410. The van der Waals surface area contributed by atoms with Crippen LogP contribution in [0.5, 0.6) is 0 Å². The van der Waals surface area contributed by atoms with Crippen LogP contribution in [0.4, 0.5) is 0 Å². The average molecular weight is 500 g/mol. The van der Waals surface area contributed by atoms with E-state index in [1.54, 1.807) is 6.42 Å². The van der Waals surface area contributed by atoms with Gasteiger partial charge in [0.1, 0.15) is 0 Å². The molecule has 22 heavy (non-hydrogen) atoms. The van der Waals surface area contributed by atoms with Gasteiger partial charge in [-0.1, -0.05) is 0 Å². The number of hydrogen-bond acceptors (Lipinski definition) is 0. The van der Waals surface area contributed by atoms with Crippen LogP contribution < -0.4 is 24.8 Å². The van der Waals surface area contributed by atoms with Crippen molar-refractivity contribution in [3.8, 4) is 0 Å².